The molecule has 1 saturated carbocycles. The zero-order valence-electron chi connectivity index (χ0n) is 79.6. The Labute approximate surface area is 825 Å². The molecule has 0 unspecified atom stereocenters. The Balaban J connectivity index is 0.000000214. The fraction of sp³-hybridized carbons (Fsp3) is 0.223. The molecule has 12 aliphatic heterocycles. The Bertz CT molecular complexity index is 6090. The van der Waals surface area contributed by atoms with Crippen molar-refractivity contribution in [2.75, 3.05) is 60.5 Å². The average molecular weight is 1970 g/mol. The van der Waals surface area contributed by atoms with Gasteiger partial charge >= 0.3 is 12.1 Å². The molecule has 12 heterocycles. The van der Waals surface area contributed by atoms with Crippen LogP contribution in [0.2, 0.25) is 0 Å². The molecule has 5 aromatic carbocycles. The van der Waals surface area contributed by atoms with Crippen LogP contribution >= 0.6 is 0 Å². The molecule has 0 radical (unpaired) electrons. The molecule has 5 aromatic rings. The number of nitrogens with zero attached hydrogens (tertiary/aromatic N) is 12. The molecule has 13 aliphatic rings. The molecule has 27 amide bonds. The van der Waals surface area contributed by atoms with Crippen LogP contribution in [0.5, 0.6) is 5.75 Å². The third-order valence-corrected chi connectivity index (χ3v) is 21.0. The van der Waals surface area contributed by atoms with Crippen molar-refractivity contribution >= 4 is 177 Å². The van der Waals surface area contributed by atoms with Crippen molar-refractivity contribution in [3.05, 3.63) is 295 Å². The number of amides is 27. The van der Waals surface area contributed by atoms with Crippen LogP contribution in [0.1, 0.15) is 101 Å². The molecule has 0 saturated heterocycles. The van der Waals surface area contributed by atoms with Gasteiger partial charge in [0.25, 0.3) is 142 Å². The van der Waals surface area contributed by atoms with E-state index in [0.29, 0.717) is 64.5 Å². The fourth-order valence-electron chi connectivity index (χ4n) is 13.7. The maximum Gasteiger partial charge on any atom is 0.423 e. The lowest BCUT2D eigenvalue weighted by atomic mass is 9.94. The summed E-state index contributed by atoms with van der Waals surface area (Å²) in [5.41, 5.74) is 11.1. The van der Waals surface area contributed by atoms with E-state index < -0.39 is 35.8 Å². The quantitative estimate of drug-likeness (QED) is 0.101. The van der Waals surface area contributed by atoms with E-state index in [1.807, 2.05) is 107 Å². The van der Waals surface area contributed by atoms with E-state index in [0.717, 1.165) is 125 Å². The second-order valence-electron chi connectivity index (χ2n) is 31.0. The highest BCUT2D eigenvalue weighted by atomic mass is 16.5. The highest BCUT2D eigenvalue weighted by Gasteiger charge is 2.36. The summed E-state index contributed by atoms with van der Waals surface area (Å²) in [6, 6.07) is 37.5. The zero-order valence-corrected chi connectivity index (χ0v) is 79.6. The number of anilines is 4. The molecule has 746 valence electrons. The molecule has 144 heavy (non-hydrogen) atoms. The third-order valence-electron chi connectivity index (χ3n) is 21.0. The lowest BCUT2D eigenvalue weighted by molar-refractivity contribution is -0.141. The van der Waals surface area contributed by atoms with Gasteiger partial charge in [-0.2, -0.15) is 9.80 Å². The second-order valence-corrected chi connectivity index (χ2v) is 31.0. The maximum absolute atomic E-state index is 11.5. The van der Waals surface area contributed by atoms with Gasteiger partial charge in [0.1, 0.15) is 5.75 Å². The summed E-state index contributed by atoms with van der Waals surface area (Å²) in [7, 11) is 4.05. The molecule has 0 atom stereocenters. The van der Waals surface area contributed by atoms with Crippen LogP contribution in [-0.2, 0) is 133 Å². The molecule has 0 spiro atoms. The van der Waals surface area contributed by atoms with Gasteiger partial charge in [-0.05, 0) is 112 Å². The number of hydrogen-bond acceptors (Lipinski definition) is 28. The summed E-state index contributed by atoms with van der Waals surface area (Å²) in [5, 5.41) is 0. The number of unbranched alkanes of at least 4 members (excludes halogenated alkanes) is 1. The third kappa shape index (κ3) is 31.5. The number of carbonyl (C=O) groups is 26. The Kier molecular flexibility index (Phi) is 43.0. The number of carbonyl (C=O) groups excluding carboxylic acids is 26. The van der Waals surface area contributed by atoms with Gasteiger partial charge in [-0.1, -0.05) is 137 Å². The van der Waals surface area contributed by atoms with Gasteiger partial charge in [0, 0.05) is 179 Å². The van der Waals surface area contributed by atoms with E-state index in [1.54, 1.807) is 61.5 Å². The molecule has 41 nitrogen and oxygen atoms in total. The van der Waals surface area contributed by atoms with Crippen LogP contribution in [0.25, 0.3) is 0 Å². The van der Waals surface area contributed by atoms with E-state index in [1.165, 1.54) is 171 Å². The molecule has 41 heteroatoms. The SMILES string of the molecule is CCCCN1C(=O)C=CC1=O.CCCN1C(=O)C=CC1=O.CCN1C(=O)C=CC1=O.CCc1ccccc1N1C(=O)C=CC1=O.CN1C(=O)C=CC1=O.COC(=O)N1C(=O)C=CC1=O.COc1ccc(C)cc1N1C(=O)C=CC1=O.Cc1ccc(N2C(=O)C=CC2=O)cc1.NC(=O)N1C(=O)C=CC1=O.O=C1C=CC(=O)N1C1CCCCC1.O=C1C=CC(=O)N1Cc1ccccc1.O=C1C=CC(=O)N1c1ccccc1. The number of para-hydroxylation sites is 2. The van der Waals surface area contributed by atoms with Gasteiger partial charge in [-0.3, -0.25) is 144 Å². The van der Waals surface area contributed by atoms with E-state index >= 15 is 0 Å². The second kappa shape index (κ2) is 55.1. The molecule has 0 bridgehead atoms. The molecular formula is C103H101N13O28. The molecule has 18 rings (SSSR count). The van der Waals surface area contributed by atoms with Gasteiger partial charge in [-0.15, -0.1) is 0 Å². The first kappa shape index (κ1) is 112. The number of rotatable bonds is 15. The number of hydrogen-bond donors (Lipinski definition) is 1. The number of primary amides is 1. The van der Waals surface area contributed by atoms with Gasteiger partial charge in [0.05, 0.1) is 43.5 Å². The summed E-state index contributed by atoms with van der Waals surface area (Å²) in [6.07, 6.45) is 37.9. The van der Waals surface area contributed by atoms with Crippen LogP contribution in [-0.4, -0.2) is 240 Å². The van der Waals surface area contributed by atoms with Crippen molar-refractivity contribution in [2.24, 2.45) is 5.73 Å². The van der Waals surface area contributed by atoms with Gasteiger partial charge in [0.2, 0.25) is 0 Å². The van der Waals surface area contributed by atoms with Crippen LogP contribution < -0.4 is 30.1 Å². The standard InChI is InChI=1S/C12H11NO3.C12H11NO2.2C11H9NO2.C10H13NO2.C10H7NO2.C8H11NO2.C7H9NO2.C6H5NO4.C6H7NO2.C5H4N2O3.C5H5NO2/c1-8-3-4-10(16-2)9(7-8)13-11(14)5-6-12(13)15;1-2-9-5-3-4-6-10(9)13-11(14)7-8-12(13)15;1-8-2-4-9(5-3-8)12-10(13)6-7-11(12)14;13-10-6-7-11(14)12(10)8-9-4-2-1-3-5-9;2*12-9-6-7-10(13)11(9)8-4-2-1-3-5-8;1-2-3-6-9-7(10)4-5-8(9)11;1-2-5-8-6(9)3-4-7(8)10;1-11-6(10)7-4(8)2-3-5(7)9;1-2-7-5(8)3-4-6(7)9;6-5(10)7-3(8)1-2-4(7)9;1-6-4(7)2-3-5(6)8/h3-7H,1-2H3;3-8H,2H2,1H3;2-7H,1H3;1-7H,8H2;6-8H,1-5H2;1-7H;4-5H,2-3,6H2,1H3;3-4H,2,5H2,1H3;2-3H,1H3;3-4H,2H2,1H3;1-2H,(H2,6,10);2-3H,1H3. The van der Waals surface area contributed by atoms with E-state index in [2.05, 4.69) is 10.5 Å². The topological polar surface area (TPSA) is 527 Å². The largest absolute Gasteiger partial charge is 0.495 e. The van der Waals surface area contributed by atoms with Gasteiger partial charge < -0.3 is 15.2 Å². The van der Waals surface area contributed by atoms with Crippen molar-refractivity contribution in [1.82, 2.24) is 39.2 Å². The van der Waals surface area contributed by atoms with Crippen LogP contribution in [0.15, 0.2) is 273 Å². The van der Waals surface area contributed by atoms with Gasteiger partial charge in [0.15, 0.2) is 0 Å². The summed E-state index contributed by atoms with van der Waals surface area (Å²) >= 11 is 0. The summed E-state index contributed by atoms with van der Waals surface area (Å²) in [5.74, 6) is -6.86. The van der Waals surface area contributed by atoms with Crippen molar-refractivity contribution < 1.29 is 134 Å². The number of methoxy groups -OCH3 is 2. The number of benzene rings is 5. The number of aryl methyl sites for hydroxylation is 3. The molecule has 1 aliphatic carbocycles. The predicted molar refractivity (Wildman–Crippen MR) is 516 cm³/mol. The van der Waals surface area contributed by atoms with Crippen LogP contribution in [0.4, 0.5) is 32.3 Å². The van der Waals surface area contributed by atoms with E-state index in [-0.39, 0.29) is 124 Å². The van der Waals surface area contributed by atoms with Crippen molar-refractivity contribution in [3.63, 3.8) is 0 Å². The minimum absolute atomic E-state index is 0.128. The Morgan fingerprint density at radius 2 is 0.667 bits per heavy atom. The first-order chi connectivity index (χ1) is 68.7. The summed E-state index contributed by atoms with van der Waals surface area (Å²) in [6.45, 7) is 13.5. The minimum Gasteiger partial charge on any atom is -0.495 e. The molecule has 2 N–H and O–H groups in total. The van der Waals surface area contributed by atoms with Crippen molar-refractivity contribution in [3.8, 4) is 5.75 Å². The Hall–Kier alpha value is -18.6. The monoisotopic (exact) mass is 1970 g/mol. The first-order valence-corrected chi connectivity index (χ1v) is 44.5. The predicted octanol–water partition coefficient (Wildman–Crippen LogP) is 7.18. The lowest BCUT2D eigenvalue weighted by Crippen LogP contribution is -2.41. The average Bonchev–Trinajstić information content (AvgIpc) is 1.69. The number of nitrogens with two attached hydrogens (primary N) is 1. The molecule has 1 fully saturated rings. The highest BCUT2D eigenvalue weighted by Crippen LogP contribution is 2.32. The lowest BCUT2D eigenvalue weighted by Gasteiger charge is -2.29. The first-order valence-electron chi connectivity index (χ1n) is 44.5. The Morgan fingerprint density at radius 1 is 0.326 bits per heavy atom. The van der Waals surface area contributed by atoms with Crippen molar-refractivity contribution in [2.45, 2.75) is 112 Å². The van der Waals surface area contributed by atoms with E-state index in [9.17, 15) is 125 Å². The number of imide groups is 16. The van der Waals surface area contributed by atoms with Crippen LogP contribution in [0.3, 0.4) is 0 Å². The number of likely N-dealkylation sites (N-methyl/N-ethyl adjacent to an activating group) is 2. The normalized spacial score (nSPS) is 16.8. The maximum atomic E-state index is 11.5. The fourth-order valence-corrected chi connectivity index (χ4v) is 13.7. The minimum atomic E-state index is -1.04. The summed E-state index contributed by atoms with van der Waals surface area (Å²) in [4.78, 5) is 298. The molecular weight excluding hydrogens is 1870 g/mol. The summed E-state index contributed by atoms with van der Waals surface area (Å²) < 4.78 is 9.32. The van der Waals surface area contributed by atoms with Gasteiger partial charge in [-0.25, -0.2) is 29.2 Å². The number of ether oxygens (including phenoxy) is 2. The Morgan fingerprint density at radius 3 is 1.03 bits per heavy atom. The molecule has 0 aromatic heterocycles. The van der Waals surface area contributed by atoms with Crippen molar-refractivity contribution in [1.29, 1.82) is 0 Å². The number of urea groups is 1. The zero-order chi connectivity index (χ0) is 106. The smallest absolute Gasteiger partial charge is 0.423 e. The highest BCUT2D eigenvalue weighted by molar-refractivity contribution is 6.31. The van der Waals surface area contributed by atoms with Crippen LogP contribution in [0, 0.1) is 13.8 Å². The van der Waals surface area contributed by atoms with E-state index in [4.69, 9.17) is 4.74 Å².